The lowest BCUT2D eigenvalue weighted by atomic mass is 10.3. The molecule has 0 amide bonds. The van der Waals surface area contributed by atoms with E-state index in [4.69, 9.17) is 51.1 Å². The molecule has 7 heteroatoms. The molecule has 0 saturated heterocycles. The van der Waals surface area contributed by atoms with Crippen molar-refractivity contribution in [3.63, 3.8) is 0 Å². The predicted octanol–water partition coefficient (Wildman–Crippen LogP) is 4.88. The van der Waals surface area contributed by atoms with Crippen LogP contribution in [0.25, 0.3) is 0 Å². The SMILES string of the molecule is Clc1ccc(Cl)c(Oc2nc(Cl)ncc2Cl)c1. The molecule has 1 aromatic carbocycles. The van der Waals surface area contributed by atoms with Gasteiger partial charge in [0.2, 0.25) is 11.2 Å². The second kappa shape index (κ2) is 5.27. The molecule has 0 aliphatic heterocycles. The van der Waals surface area contributed by atoms with Crippen molar-refractivity contribution < 1.29 is 4.74 Å². The Hall–Kier alpha value is -0.740. The highest BCUT2D eigenvalue weighted by molar-refractivity contribution is 6.34. The van der Waals surface area contributed by atoms with E-state index in [0.717, 1.165) is 0 Å². The largest absolute Gasteiger partial charge is 0.436 e. The zero-order chi connectivity index (χ0) is 12.4. The summed E-state index contributed by atoms with van der Waals surface area (Å²) in [5.74, 6) is 0.465. The van der Waals surface area contributed by atoms with Crippen LogP contribution in [0.2, 0.25) is 20.4 Å². The number of benzene rings is 1. The van der Waals surface area contributed by atoms with E-state index >= 15 is 0 Å². The van der Waals surface area contributed by atoms with Gasteiger partial charge in [0.15, 0.2) is 0 Å². The van der Waals surface area contributed by atoms with E-state index in [2.05, 4.69) is 9.97 Å². The Balaban J connectivity index is 2.37. The van der Waals surface area contributed by atoms with Crippen molar-refractivity contribution in [1.29, 1.82) is 0 Å². The van der Waals surface area contributed by atoms with Gasteiger partial charge in [0.1, 0.15) is 10.8 Å². The van der Waals surface area contributed by atoms with Gasteiger partial charge in [0, 0.05) is 11.1 Å². The second-order valence-corrected chi connectivity index (χ2v) is 4.56. The number of hydrogen-bond donors (Lipinski definition) is 0. The second-order valence-electron chi connectivity index (χ2n) is 2.97. The van der Waals surface area contributed by atoms with Gasteiger partial charge in [-0.05, 0) is 23.7 Å². The Labute approximate surface area is 117 Å². The summed E-state index contributed by atoms with van der Waals surface area (Å²) in [4.78, 5) is 7.54. The van der Waals surface area contributed by atoms with E-state index in [1.165, 1.54) is 6.20 Å². The van der Waals surface area contributed by atoms with Gasteiger partial charge in [-0.1, -0.05) is 34.8 Å². The molecule has 0 saturated carbocycles. The van der Waals surface area contributed by atoms with Gasteiger partial charge in [-0.2, -0.15) is 4.98 Å². The molecule has 0 fully saturated rings. The van der Waals surface area contributed by atoms with Crippen molar-refractivity contribution in [1.82, 2.24) is 9.97 Å². The van der Waals surface area contributed by atoms with E-state index in [-0.39, 0.29) is 16.2 Å². The molecule has 0 unspecified atom stereocenters. The summed E-state index contributed by atoms with van der Waals surface area (Å²) in [5, 5.41) is 1.13. The summed E-state index contributed by atoms with van der Waals surface area (Å²) >= 11 is 23.2. The van der Waals surface area contributed by atoms with Crippen LogP contribution in [0.4, 0.5) is 0 Å². The molecule has 2 aromatic rings. The quantitative estimate of drug-likeness (QED) is 0.741. The zero-order valence-corrected chi connectivity index (χ0v) is 11.1. The number of rotatable bonds is 2. The molecular weight excluding hydrogens is 306 g/mol. The monoisotopic (exact) mass is 308 g/mol. The fourth-order valence-electron chi connectivity index (χ4n) is 1.06. The average Bonchev–Trinajstić information content (AvgIpc) is 2.28. The summed E-state index contributed by atoms with van der Waals surface area (Å²) in [6.45, 7) is 0. The Morgan fingerprint density at radius 2 is 1.76 bits per heavy atom. The van der Waals surface area contributed by atoms with Crippen LogP contribution in [-0.2, 0) is 0 Å². The summed E-state index contributed by atoms with van der Waals surface area (Å²) in [5.41, 5.74) is 0. The molecule has 1 aromatic heterocycles. The van der Waals surface area contributed by atoms with Gasteiger partial charge in [0.05, 0.1) is 11.2 Å². The average molecular weight is 310 g/mol. The van der Waals surface area contributed by atoms with E-state index in [1.807, 2.05) is 0 Å². The molecule has 3 nitrogen and oxygen atoms in total. The smallest absolute Gasteiger partial charge is 0.242 e. The number of ether oxygens (including phenoxy) is 1. The van der Waals surface area contributed by atoms with Crippen LogP contribution >= 0.6 is 46.4 Å². The van der Waals surface area contributed by atoms with Crippen LogP contribution in [0.1, 0.15) is 0 Å². The van der Waals surface area contributed by atoms with Gasteiger partial charge in [-0.15, -0.1) is 0 Å². The number of hydrogen-bond acceptors (Lipinski definition) is 3. The molecule has 0 aliphatic carbocycles. The molecule has 0 atom stereocenters. The lowest BCUT2D eigenvalue weighted by Crippen LogP contribution is -1.92. The van der Waals surface area contributed by atoms with Crippen molar-refractivity contribution in [2.75, 3.05) is 0 Å². The third-order valence-corrected chi connectivity index (χ3v) is 2.77. The van der Waals surface area contributed by atoms with Crippen molar-refractivity contribution in [2.45, 2.75) is 0 Å². The summed E-state index contributed by atoms with van der Waals surface area (Å²) in [7, 11) is 0. The Kier molecular flexibility index (Phi) is 3.94. The van der Waals surface area contributed by atoms with Gasteiger partial charge in [-0.3, -0.25) is 0 Å². The maximum atomic E-state index is 5.94. The van der Waals surface area contributed by atoms with Gasteiger partial charge in [-0.25, -0.2) is 4.98 Å². The molecule has 0 bridgehead atoms. The maximum absolute atomic E-state index is 5.94. The first-order valence-electron chi connectivity index (χ1n) is 4.37. The van der Waals surface area contributed by atoms with Crippen molar-refractivity contribution >= 4 is 46.4 Å². The van der Waals surface area contributed by atoms with Crippen LogP contribution < -0.4 is 4.74 Å². The third-order valence-electron chi connectivity index (χ3n) is 1.78. The lowest BCUT2D eigenvalue weighted by Gasteiger charge is -2.08. The van der Waals surface area contributed by atoms with Gasteiger partial charge in [0.25, 0.3) is 0 Å². The van der Waals surface area contributed by atoms with Crippen LogP contribution in [0.3, 0.4) is 0 Å². The highest BCUT2D eigenvalue weighted by atomic mass is 35.5. The van der Waals surface area contributed by atoms with Crippen LogP contribution in [-0.4, -0.2) is 9.97 Å². The van der Waals surface area contributed by atoms with Gasteiger partial charge < -0.3 is 4.74 Å². The fraction of sp³-hybridized carbons (Fsp3) is 0. The minimum atomic E-state index is 0.0301. The van der Waals surface area contributed by atoms with Crippen LogP contribution in [0.5, 0.6) is 11.6 Å². The first-order valence-corrected chi connectivity index (χ1v) is 5.88. The van der Waals surface area contributed by atoms with Crippen molar-refractivity contribution in [2.24, 2.45) is 0 Å². The molecule has 88 valence electrons. The summed E-state index contributed by atoms with van der Waals surface area (Å²) in [6, 6.07) is 4.80. The Bertz CT molecular complexity index is 512. The van der Waals surface area contributed by atoms with E-state index in [9.17, 15) is 0 Å². The molecule has 0 aliphatic rings. The standard InChI is InChI=1S/C10H4Cl4N2O/c11-5-1-2-6(12)8(3-5)17-9-7(13)4-15-10(14)16-9/h1-4H. The highest BCUT2D eigenvalue weighted by Crippen LogP contribution is 2.33. The Morgan fingerprint density at radius 1 is 1.00 bits per heavy atom. The topological polar surface area (TPSA) is 35.0 Å². The molecule has 0 N–H and O–H groups in total. The number of halogens is 4. The molecule has 0 spiro atoms. The first kappa shape index (κ1) is 12.7. The summed E-state index contributed by atoms with van der Waals surface area (Å²) in [6.07, 6.45) is 1.34. The maximum Gasteiger partial charge on any atom is 0.242 e. The predicted molar refractivity (Wildman–Crippen MR) is 68.6 cm³/mol. The zero-order valence-electron chi connectivity index (χ0n) is 8.12. The normalized spacial score (nSPS) is 10.4. The van der Waals surface area contributed by atoms with E-state index < -0.39 is 0 Å². The molecular formula is C10H4Cl4N2O. The van der Waals surface area contributed by atoms with Gasteiger partial charge >= 0.3 is 0 Å². The molecule has 1 heterocycles. The first-order chi connectivity index (χ1) is 8.06. The number of aromatic nitrogens is 2. The van der Waals surface area contributed by atoms with Crippen LogP contribution in [0, 0.1) is 0 Å². The highest BCUT2D eigenvalue weighted by Gasteiger charge is 2.10. The Morgan fingerprint density at radius 3 is 2.53 bits per heavy atom. The van der Waals surface area contributed by atoms with Crippen molar-refractivity contribution in [3.8, 4) is 11.6 Å². The summed E-state index contributed by atoms with van der Waals surface area (Å²) < 4.78 is 5.42. The molecule has 2 rings (SSSR count). The third kappa shape index (κ3) is 3.13. The lowest BCUT2D eigenvalue weighted by molar-refractivity contribution is 0.462. The van der Waals surface area contributed by atoms with E-state index in [1.54, 1.807) is 18.2 Å². The van der Waals surface area contributed by atoms with Crippen molar-refractivity contribution in [3.05, 3.63) is 44.7 Å². The van der Waals surface area contributed by atoms with E-state index in [0.29, 0.717) is 15.8 Å². The minimum absolute atomic E-state index is 0.0301. The number of nitrogens with zero attached hydrogens (tertiary/aromatic N) is 2. The molecule has 0 radical (unpaired) electrons. The fourth-order valence-corrected chi connectivity index (χ4v) is 1.64. The molecule has 17 heavy (non-hydrogen) atoms. The minimum Gasteiger partial charge on any atom is -0.436 e. The van der Waals surface area contributed by atoms with Crippen LogP contribution in [0.15, 0.2) is 24.4 Å².